The third kappa shape index (κ3) is 8.34. The maximum Gasteiger partial charge on any atom is 0.224 e. The maximum atomic E-state index is 12.3. The third-order valence-electron chi connectivity index (χ3n) is 3.89. The minimum absolute atomic E-state index is 0. The molecule has 0 unspecified atom stereocenters. The highest BCUT2D eigenvalue weighted by molar-refractivity contribution is 14.0. The van der Waals surface area contributed by atoms with Crippen molar-refractivity contribution in [3.63, 3.8) is 0 Å². The summed E-state index contributed by atoms with van der Waals surface area (Å²) in [5.41, 5.74) is 1.09. The fourth-order valence-corrected chi connectivity index (χ4v) is 2.84. The first-order valence-electron chi connectivity index (χ1n) is 8.54. The average molecular weight is 549 g/mol. The summed E-state index contributed by atoms with van der Waals surface area (Å²) >= 11 is 3.51. The van der Waals surface area contributed by atoms with Crippen molar-refractivity contribution in [1.82, 2.24) is 15.5 Å². The molecule has 0 aliphatic rings. The molecule has 0 fully saturated rings. The Morgan fingerprint density at radius 3 is 2.59 bits per heavy atom. The highest BCUT2D eigenvalue weighted by Gasteiger charge is 2.11. The molecule has 0 atom stereocenters. The van der Waals surface area contributed by atoms with Crippen molar-refractivity contribution in [2.45, 2.75) is 19.4 Å². The summed E-state index contributed by atoms with van der Waals surface area (Å²) in [6.07, 6.45) is 2.85. The van der Waals surface area contributed by atoms with Gasteiger partial charge in [-0.1, -0.05) is 34.1 Å². The van der Waals surface area contributed by atoms with Crippen LogP contribution in [0.1, 0.15) is 17.7 Å². The zero-order chi connectivity index (χ0) is 18.8. The lowest BCUT2D eigenvalue weighted by atomic mass is 10.2. The molecule has 0 bridgehead atoms. The van der Waals surface area contributed by atoms with Crippen LogP contribution < -0.4 is 10.6 Å². The van der Waals surface area contributed by atoms with E-state index in [-0.39, 0.29) is 29.9 Å². The standard InChI is InChI=1S/C19H25BrN4O2.HI/c1-21-19(22-11-9-16-7-5-13-26-16)23-12-10-18(25)24(2)14-15-6-3-4-8-17(15)20;/h3-8,13H,9-12,14H2,1-2H3,(H2,21,22,23);1H. The summed E-state index contributed by atoms with van der Waals surface area (Å²) < 4.78 is 6.30. The summed E-state index contributed by atoms with van der Waals surface area (Å²) in [5, 5.41) is 6.37. The van der Waals surface area contributed by atoms with Gasteiger partial charge >= 0.3 is 0 Å². The van der Waals surface area contributed by atoms with E-state index < -0.39 is 0 Å². The van der Waals surface area contributed by atoms with Crippen LogP contribution in [-0.4, -0.2) is 44.0 Å². The van der Waals surface area contributed by atoms with Gasteiger partial charge in [-0.15, -0.1) is 24.0 Å². The molecule has 1 aromatic carbocycles. The summed E-state index contributed by atoms with van der Waals surface area (Å²) in [6.45, 7) is 1.82. The van der Waals surface area contributed by atoms with E-state index >= 15 is 0 Å². The summed E-state index contributed by atoms with van der Waals surface area (Å²) in [5.74, 6) is 1.69. The van der Waals surface area contributed by atoms with E-state index in [0.717, 1.165) is 22.2 Å². The summed E-state index contributed by atoms with van der Waals surface area (Å²) in [6, 6.07) is 11.7. The van der Waals surface area contributed by atoms with E-state index in [1.54, 1.807) is 18.2 Å². The number of nitrogens with zero attached hydrogens (tertiary/aromatic N) is 2. The molecule has 2 aromatic rings. The normalized spacial score (nSPS) is 10.9. The van der Waals surface area contributed by atoms with Gasteiger partial charge in [-0.3, -0.25) is 9.79 Å². The number of benzene rings is 1. The molecule has 1 heterocycles. The monoisotopic (exact) mass is 548 g/mol. The largest absolute Gasteiger partial charge is 0.469 e. The van der Waals surface area contributed by atoms with Crippen LogP contribution in [0.2, 0.25) is 0 Å². The number of guanidine groups is 1. The number of carbonyl (C=O) groups is 1. The smallest absolute Gasteiger partial charge is 0.224 e. The SMILES string of the molecule is CN=C(NCCC(=O)N(C)Cc1ccccc1Br)NCCc1ccco1.I. The minimum atomic E-state index is 0. The molecule has 0 spiro atoms. The van der Waals surface area contributed by atoms with Crippen LogP contribution in [0.15, 0.2) is 56.5 Å². The Balaban J connectivity index is 0.00000364. The lowest BCUT2D eigenvalue weighted by molar-refractivity contribution is -0.130. The molecule has 2 N–H and O–H groups in total. The van der Waals surface area contributed by atoms with Gasteiger partial charge in [0.1, 0.15) is 5.76 Å². The van der Waals surface area contributed by atoms with Gasteiger partial charge in [0.25, 0.3) is 0 Å². The third-order valence-corrected chi connectivity index (χ3v) is 4.66. The van der Waals surface area contributed by atoms with Gasteiger partial charge in [0.15, 0.2) is 5.96 Å². The number of hydrogen-bond acceptors (Lipinski definition) is 3. The van der Waals surface area contributed by atoms with Crippen LogP contribution >= 0.6 is 39.9 Å². The summed E-state index contributed by atoms with van der Waals surface area (Å²) in [4.78, 5) is 18.2. The van der Waals surface area contributed by atoms with Gasteiger partial charge < -0.3 is 20.0 Å². The second-order valence-electron chi connectivity index (χ2n) is 5.85. The molecular formula is C19H26BrIN4O2. The van der Waals surface area contributed by atoms with Gasteiger partial charge in [-0.25, -0.2) is 0 Å². The van der Waals surface area contributed by atoms with E-state index in [2.05, 4.69) is 31.6 Å². The number of hydrogen-bond donors (Lipinski definition) is 2. The Bertz CT molecular complexity index is 722. The average Bonchev–Trinajstić information content (AvgIpc) is 3.15. The molecular weight excluding hydrogens is 523 g/mol. The first kappa shape index (κ1) is 23.5. The summed E-state index contributed by atoms with van der Waals surface area (Å²) in [7, 11) is 3.53. The highest BCUT2D eigenvalue weighted by Crippen LogP contribution is 2.17. The number of nitrogens with one attached hydrogen (secondary N) is 2. The first-order chi connectivity index (χ1) is 12.6. The number of carbonyl (C=O) groups excluding carboxylic acids is 1. The van der Waals surface area contributed by atoms with Gasteiger partial charge in [-0.2, -0.15) is 0 Å². The molecule has 6 nitrogen and oxygen atoms in total. The molecule has 0 saturated heterocycles. The molecule has 0 saturated carbocycles. The van der Waals surface area contributed by atoms with E-state index in [9.17, 15) is 4.79 Å². The number of amides is 1. The first-order valence-corrected chi connectivity index (χ1v) is 9.33. The van der Waals surface area contributed by atoms with E-state index in [1.807, 2.05) is 43.4 Å². The van der Waals surface area contributed by atoms with Gasteiger partial charge in [-0.05, 0) is 23.8 Å². The van der Waals surface area contributed by atoms with Gasteiger partial charge in [0.05, 0.1) is 6.26 Å². The van der Waals surface area contributed by atoms with Crippen LogP contribution in [0.5, 0.6) is 0 Å². The molecule has 27 heavy (non-hydrogen) atoms. The van der Waals surface area contributed by atoms with Crippen molar-refractivity contribution >= 4 is 51.8 Å². The Labute approximate surface area is 185 Å². The lowest BCUT2D eigenvalue weighted by Crippen LogP contribution is -2.40. The van der Waals surface area contributed by atoms with E-state index in [1.165, 1.54) is 0 Å². The molecule has 2 rings (SSSR count). The van der Waals surface area contributed by atoms with Crippen molar-refractivity contribution in [2.24, 2.45) is 4.99 Å². The van der Waals surface area contributed by atoms with Gasteiger partial charge in [0, 0.05) is 51.0 Å². The Morgan fingerprint density at radius 2 is 1.93 bits per heavy atom. The van der Waals surface area contributed by atoms with Crippen LogP contribution in [0.25, 0.3) is 0 Å². The number of aliphatic imine (C=N–C) groups is 1. The number of furan rings is 1. The van der Waals surface area contributed by atoms with Crippen LogP contribution in [0.3, 0.4) is 0 Å². The molecule has 0 aliphatic carbocycles. The second-order valence-corrected chi connectivity index (χ2v) is 6.70. The lowest BCUT2D eigenvalue weighted by Gasteiger charge is -2.19. The zero-order valence-corrected chi connectivity index (χ0v) is 19.5. The van der Waals surface area contributed by atoms with Crippen molar-refractivity contribution in [3.05, 3.63) is 58.5 Å². The topological polar surface area (TPSA) is 69.9 Å². The fraction of sp³-hybridized carbons (Fsp3) is 0.368. The Kier molecular flexibility index (Phi) is 11.1. The van der Waals surface area contributed by atoms with Crippen molar-refractivity contribution in [3.8, 4) is 0 Å². The number of rotatable bonds is 8. The highest BCUT2D eigenvalue weighted by atomic mass is 127. The fourth-order valence-electron chi connectivity index (χ4n) is 2.43. The minimum Gasteiger partial charge on any atom is -0.469 e. The number of halogens is 2. The maximum absolute atomic E-state index is 12.3. The van der Waals surface area contributed by atoms with Crippen molar-refractivity contribution in [2.75, 3.05) is 27.2 Å². The Morgan fingerprint density at radius 1 is 1.19 bits per heavy atom. The van der Waals surface area contributed by atoms with Crippen LogP contribution in [0.4, 0.5) is 0 Å². The van der Waals surface area contributed by atoms with E-state index in [4.69, 9.17) is 4.42 Å². The molecule has 0 aliphatic heterocycles. The molecule has 1 amide bonds. The van der Waals surface area contributed by atoms with E-state index in [0.29, 0.717) is 32.0 Å². The molecule has 1 aromatic heterocycles. The molecule has 148 valence electrons. The van der Waals surface area contributed by atoms with Gasteiger partial charge in [0.2, 0.25) is 5.91 Å². The quantitative estimate of drug-likeness (QED) is 0.301. The van der Waals surface area contributed by atoms with Crippen molar-refractivity contribution in [1.29, 1.82) is 0 Å². The molecule has 0 radical (unpaired) electrons. The zero-order valence-electron chi connectivity index (χ0n) is 15.6. The molecule has 8 heteroatoms. The predicted molar refractivity (Wildman–Crippen MR) is 122 cm³/mol. The van der Waals surface area contributed by atoms with Crippen LogP contribution in [-0.2, 0) is 17.8 Å². The second kappa shape index (κ2) is 12.8. The van der Waals surface area contributed by atoms with Crippen molar-refractivity contribution < 1.29 is 9.21 Å². The van der Waals surface area contributed by atoms with Crippen LogP contribution in [0, 0.1) is 0 Å². The predicted octanol–water partition coefficient (Wildman–Crippen LogP) is 3.42. The Hall–Kier alpha value is -1.55.